The molecule has 29 heavy (non-hydrogen) atoms. The minimum Gasteiger partial charge on any atom is -0.489 e. The average Bonchev–Trinajstić information content (AvgIpc) is 2.73. The van der Waals surface area contributed by atoms with Gasteiger partial charge in [-0.3, -0.25) is 4.79 Å². The molecule has 3 N–H and O–H groups in total. The highest BCUT2D eigenvalue weighted by atomic mass is 16.5. The predicted molar refractivity (Wildman–Crippen MR) is 113 cm³/mol. The zero-order valence-electron chi connectivity index (χ0n) is 16.4. The van der Waals surface area contributed by atoms with Crippen LogP contribution in [0.1, 0.15) is 22.3 Å². The number of hydrogen-bond donors (Lipinski definition) is 2. The van der Waals surface area contributed by atoms with Crippen molar-refractivity contribution in [3.63, 3.8) is 0 Å². The van der Waals surface area contributed by atoms with E-state index in [1.165, 1.54) is 0 Å². The lowest BCUT2D eigenvalue weighted by Crippen LogP contribution is -2.04. The summed E-state index contributed by atoms with van der Waals surface area (Å²) in [6.45, 7) is 1.31. The zero-order chi connectivity index (χ0) is 20.6. The maximum absolute atomic E-state index is 11.1. The molecule has 5 heteroatoms. The third kappa shape index (κ3) is 5.67. The van der Waals surface area contributed by atoms with E-state index in [1.807, 2.05) is 30.3 Å². The van der Waals surface area contributed by atoms with E-state index in [4.69, 9.17) is 20.3 Å². The summed E-state index contributed by atoms with van der Waals surface area (Å²) < 4.78 is 11.3. The van der Waals surface area contributed by atoms with E-state index in [-0.39, 0.29) is 6.42 Å². The van der Waals surface area contributed by atoms with Crippen molar-refractivity contribution < 1.29 is 19.4 Å². The Balaban J connectivity index is 1.87. The van der Waals surface area contributed by atoms with Gasteiger partial charge in [0.15, 0.2) is 0 Å². The van der Waals surface area contributed by atoms with E-state index < -0.39 is 5.97 Å². The van der Waals surface area contributed by atoms with Gasteiger partial charge in [0.05, 0.1) is 13.0 Å². The van der Waals surface area contributed by atoms with Crippen LogP contribution in [0.4, 0.5) is 0 Å². The van der Waals surface area contributed by atoms with Crippen molar-refractivity contribution in [3.8, 4) is 16.9 Å². The minimum absolute atomic E-state index is 0.0724. The van der Waals surface area contributed by atoms with Crippen LogP contribution < -0.4 is 10.5 Å². The number of methoxy groups -OCH3 is 1. The molecule has 0 unspecified atom stereocenters. The number of ether oxygens (including phenoxy) is 2. The van der Waals surface area contributed by atoms with Crippen LogP contribution in [0, 0.1) is 0 Å². The summed E-state index contributed by atoms with van der Waals surface area (Å²) in [6, 6.07) is 21.6. The van der Waals surface area contributed by atoms with E-state index in [0.29, 0.717) is 31.1 Å². The maximum Gasteiger partial charge on any atom is 0.307 e. The van der Waals surface area contributed by atoms with Crippen molar-refractivity contribution in [2.24, 2.45) is 5.73 Å². The van der Waals surface area contributed by atoms with E-state index in [9.17, 15) is 4.79 Å². The number of carboxylic acid groups (broad SMARTS) is 1. The first kappa shape index (κ1) is 20.6. The lowest BCUT2D eigenvalue weighted by molar-refractivity contribution is -0.136. The fraction of sp³-hybridized carbons (Fsp3) is 0.208. The van der Waals surface area contributed by atoms with Crippen molar-refractivity contribution in [1.82, 2.24) is 0 Å². The van der Waals surface area contributed by atoms with Gasteiger partial charge in [-0.2, -0.15) is 0 Å². The number of carboxylic acids is 1. The fourth-order valence-electron chi connectivity index (χ4n) is 3.26. The van der Waals surface area contributed by atoms with Gasteiger partial charge in [0.1, 0.15) is 12.4 Å². The summed E-state index contributed by atoms with van der Waals surface area (Å²) in [6.07, 6.45) is -0.0724. The zero-order valence-corrected chi connectivity index (χ0v) is 16.4. The van der Waals surface area contributed by atoms with Gasteiger partial charge in [0.25, 0.3) is 0 Å². The molecule has 0 aliphatic rings. The molecule has 0 amide bonds. The van der Waals surface area contributed by atoms with Crippen LogP contribution in [0.25, 0.3) is 11.1 Å². The number of hydrogen-bond acceptors (Lipinski definition) is 4. The van der Waals surface area contributed by atoms with E-state index >= 15 is 0 Å². The molecule has 0 aliphatic carbocycles. The second-order valence-corrected chi connectivity index (χ2v) is 6.84. The van der Waals surface area contributed by atoms with Gasteiger partial charge in [-0.25, -0.2) is 0 Å². The first-order chi connectivity index (χ1) is 14.1. The van der Waals surface area contributed by atoms with Crippen molar-refractivity contribution in [1.29, 1.82) is 0 Å². The summed E-state index contributed by atoms with van der Waals surface area (Å²) in [5.74, 6) is -0.302. The molecule has 150 valence electrons. The van der Waals surface area contributed by atoms with Crippen molar-refractivity contribution in [2.45, 2.75) is 26.2 Å². The molecule has 0 radical (unpaired) electrons. The molecular formula is C24H25NO4. The largest absolute Gasteiger partial charge is 0.489 e. The Labute approximate surface area is 170 Å². The molecule has 3 rings (SSSR count). The van der Waals surface area contributed by atoms with Crippen LogP contribution in [0.15, 0.2) is 66.7 Å². The number of nitrogens with two attached hydrogens (primary N) is 1. The average molecular weight is 391 g/mol. The number of para-hydroxylation sites is 1. The molecule has 0 saturated heterocycles. The van der Waals surface area contributed by atoms with E-state index in [1.54, 1.807) is 19.2 Å². The minimum atomic E-state index is -0.884. The molecule has 3 aromatic carbocycles. The summed E-state index contributed by atoms with van der Waals surface area (Å²) in [7, 11) is 1.67. The van der Waals surface area contributed by atoms with Crippen LogP contribution in [0.3, 0.4) is 0 Å². The molecule has 0 aromatic heterocycles. The van der Waals surface area contributed by atoms with E-state index in [2.05, 4.69) is 24.3 Å². The second-order valence-electron chi connectivity index (χ2n) is 6.84. The second kappa shape index (κ2) is 9.87. The monoisotopic (exact) mass is 391 g/mol. The van der Waals surface area contributed by atoms with Crippen LogP contribution in [0.2, 0.25) is 0 Å². The molecule has 0 fully saturated rings. The van der Waals surface area contributed by atoms with Gasteiger partial charge < -0.3 is 20.3 Å². The predicted octanol–water partition coefficient (Wildman–Crippen LogP) is 4.16. The standard InChI is InChI=1S/C24H25NO4/c1-28-15-18-9-19(12-22(11-18)20-7-4-5-17(10-20)14-25)16-29-23-8-3-2-6-21(23)13-24(26)27/h2-12H,13-16,25H2,1H3,(H,26,27). The molecule has 0 saturated carbocycles. The topological polar surface area (TPSA) is 81.8 Å². The van der Waals surface area contributed by atoms with E-state index in [0.717, 1.165) is 27.8 Å². The van der Waals surface area contributed by atoms with Gasteiger partial charge in [0.2, 0.25) is 0 Å². The van der Waals surface area contributed by atoms with Gasteiger partial charge in [0, 0.05) is 19.2 Å². The Morgan fingerprint density at radius 2 is 1.62 bits per heavy atom. The van der Waals surface area contributed by atoms with Crippen molar-refractivity contribution in [2.75, 3.05) is 7.11 Å². The smallest absolute Gasteiger partial charge is 0.307 e. The Bertz CT molecular complexity index is 984. The molecular weight excluding hydrogens is 366 g/mol. The highest BCUT2D eigenvalue weighted by Crippen LogP contribution is 2.26. The molecule has 0 bridgehead atoms. The molecule has 0 atom stereocenters. The Morgan fingerprint density at radius 1 is 0.897 bits per heavy atom. The Kier molecular flexibility index (Phi) is 7.00. The van der Waals surface area contributed by atoms with Crippen molar-refractivity contribution in [3.05, 3.63) is 89.0 Å². The molecule has 5 nitrogen and oxygen atoms in total. The quantitative estimate of drug-likeness (QED) is 0.572. The Morgan fingerprint density at radius 3 is 2.34 bits per heavy atom. The molecule has 0 aliphatic heterocycles. The highest BCUT2D eigenvalue weighted by molar-refractivity contribution is 5.71. The summed E-state index contributed by atoms with van der Waals surface area (Å²) >= 11 is 0. The highest BCUT2D eigenvalue weighted by Gasteiger charge is 2.09. The third-order valence-electron chi connectivity index (χ3n) is 4.57. The van der Waals surface area contributed by atoms with Gasteiger partial charge in [-0.15, -0.1) is 0 Å². The first-order valence-corrected chi connectivity index (χ1v) is 9.42. The van der Waals surface area contributed by atoms with Gasteiger partial charge in [-0.1, -0.05) is 42.5 Å². The Hall–Kier alpha value is -3.15. The molecule has 3 aromatic rings. The summed E-state index contributed by atoms with van der Waals surface area (Å²) in [5, 5.41) is 9.10. The lowest BCUT2D eigenvalue weighted by Gasteiger charge is -2.13. The van der Waals surface area contributed by atoms with Crippen LogP contribution >= 0.6 is 0 Å². The number of rotatable bonds is 9. The normalized spacial score (nSPS) is 10.7. The van der Waals surface area contributed by atoms with Crippen LogP contribution in [-0.4, -0.2) is 18.2 Å². The number of aliphatic carboxylic acids is 1. The summed E-state index contributed by atoms with van der Waals surface area (Å²) in [5.41, 5.74) is 11.7. The first-order valence-electron chi connectivity index (χ1n) is 9.42. The summed E-state index contributed by atoms with van der Waals surface area (Å²) in [4.78, 5) is 11.1. The van der Waals surface area contributed by atoms with Gasteiger partial charge in [-0.05, 0) is 52.1 Å². The lowest BCUT2D eigenvalue weighted by atomic mass is 9.98. The molecule has 0 heterocycles. The van der Waals surface area contributed by atoms with Crippen molar-refractivity contribution >= 4 is 5.97 Å². The number of benzene rings is 3. The van der Waals surface area contributed by atoms with Crippen LogP contribution in [0.5, 0.6) is 5.75 Å². The third-order valence-corrected chi connectivity index (χ3v) is 4.57. The van der Waals surface area contributed by atoms with Crippen LogP contribution in [-0.2, 0) is 35.7 Å². The van der Waals surface area contributed by atoms with Gasteiger partial charge >= 0.3 is 5.97 Å². The number of carbonyl (C=O) groups is 1. The molecule has 0 spiro atoms. The SMILES string of the molecule is COCc1cc(COc2ccccc2CC(=O)O)cc(-c2cccc(CN)c2)c1. The maximum atomic E-state index is 11.1. The fourth-order valence-corrected chi connectivity index (χ4v) is 3.26.